The van der Waals surface area contributed by atoms with E-state index < -0.39 is 0 Å². The Labute approximate surface area is 155 Å². The summed E-state index contributed by atoms with van der Waals surface area (Å²) in [5.41, 5.74) is 0. The van der Waals surface area contributed by atoms with E-state index in [1.165, 1.54) is 22.7 Å². The normalized spacial score (nSPS) is 17.5. The summed E-state index contributed by atoms with van der Waals surface area (Å²) in [4.78, 5) is 27.5. The van der Waals surface area contributed by atoms with Crippen LogP contribution in [0.15, 0.2) is 17.5 Å². The highest BCUT2D eigenvalue weighted by molar-refractivity contribution is 7.15. The van der Waals surface area contributed by atoms with Crippen molar-refractivity contribution in [1.82, 2.24) is 15.1 Å². The Morgan fingerprint density at radius 3 is 3.04 bits per heavy atom. The smallest absolute Gasteiger partial charge is 0.263 e. The first kappa shape index (κ1) is 18.0. The molecule has 25 heavy (non-hydrogen) atoms. The fraction of sp³-hybridized carbons (Fsp3) is 0.529. The summed E-state index contributed by atoms with van der Waals surface area (Å²) in [5.74, 6) is -0.243. The number of unbranched alkanes of at least 4 members (excludes halogenated alkanes) is 1. The number of aromatic nitrogens is 2. The van der Waals surface area contributed by atoms with Crippen LogP contribution in [-0.4, -0.2) is 40.0 Å². The maximum atomic E-state index is 12.5. The highest BCUT2D eigenvalue weighted by Gasteiger charge is 2.29. The molecular formula is C17H22N4O2S2. The van der Waals surface area contributed by atoms with Gasteiger partial charge >= 0.3 is 0 Å². The molecule has 1 aliphatic heterocycles. The second kappa shape index (κ2) is 8.53. The van der Waals surface area contributed by atoms with Crippen LogP contribution in [0.1, 0.15) is 47.3 Å². The molecule has 1 N–H and O–H groups in total. The average Bonchev–Trinajstić information content (AvgIpc) is 3.31. The third-order valence-electron chi connectivity index (χ3n) is 4.25. The van der Waals surface area contributed by atoms with Gasteiger partial charge in [0.1, 0.15) is 5.01 Å². The van der Waals surface area contributed by atoms with Crippen LogP contribution >= 0.6 is 22.7 Å². The van der Waals surface area contributed by atoms with Gasteiger partial charge in [-0.2, -0.15) is 0 Å². The van der Waals surface area contributed by atoms with Crippen molar-refractivity contribution in [2.45, 2.75) is 39.0 Å². The standard InChI is InChI=1S/C17H22N4O2S2/c1-2-3-8-14-19-20-17(25-14)18-15(22)12-6-4-9-21(11-12)16(23)13-7-5-10-24-13/h5,7,10,12H,2-4,6,8-9,11H2,1H3,(H,18,20,22). The number of hydrogen-bond donors (Lipinski definition) is 1. The molecule has 1 atom stereocenters. The van der Waals surface area contributed by atoms with E-state index in [2.05, 4.69) is 22.4 Å². The van der Waals surface area contributed by atoms with Gasteiger partial charge in [0.15, 0.2) is 0 Å². The van der Waals surface area contributed by atoms with Crippen LogP contribution in [0.2, 0.25) is 0 Å². The molecule has 6 nitrogen and oxygen atoms in total. The van der Waals surface area contributed by atoms with Gasteiger partial charge in [-0.15, -0.1) is 21.5 Å². The second-order valence-electron chi connectivity index (χ2n) is 6.16. The third-order valence-corrected chi connectivity index (χ3v) is 6.01. The molecular weight excluding hydrogens is 356 g/mol. The van der Waals surface area contributed by atoms with Crippen molar-refractivity contribution < 1.29 is 9.59 Å². The van der Waals surface area contributed by atoms with Gasteiger partial charge < -0.3 is 10.2 Å². The number of anilines is 1. The number of thiophene rings is 1. The minimum atomic E-state index is -0.194. The predicted octanol–water partition coefficient (Wildman–Crippen LogP) is 3.43. The molecule has 1 unspecified atom stereocenters. The number of nitrogens with one attached hydrogen (secondary N) is 1. The van der Waals surface area contributed by atoms with Crippen LogP contribution in [0, 0.1) is 5.92 Å². The highest BCUT2D eigenvalue weighted by atomic mass is 32.1. The average molecular weight is 379 g/mol. The Kier molecular flexibility index (Phi) is 6.14. The lowest BCUT2D eigenvalue weighted by molar-refractivity contribution is -0.121. The molecule has 0 spiro atoms. The Hall–Kier alpha value is -1.80. The summed E-state index contributed by atoms with van der Waals surface area (Å²) in [6.07, 6.45) is 4.72. The first-order valence-corrected chi connectivity index (χ1v) is 10.3. The molecule has 1 fully saturated rings. The number of carbonyl (C=O) groups is 2. The number of hydrogen-bond acceptors (Lipinski definition) is 6. The van der Waals surface area contributed by atoms with Gasteiger partial charge in [0, 0.05) is 19.5 Å². The van der Waals surface area contributed by atoms with Gasteiger partial charge in [-0.05, 0) is 30.7 Å². The van der Waals surface area contributed by atoms with E-state index >= 15 is 0 Å². The molecule has 8 heteroatoms. The first-order chi connectivity index (χ1) is 12.2. The number of rotatable bonds is 6. The first-order valence-electron chi connectivity index (χ1n) is 8.63. The molecule has 2 amide bonds. The zero-order valence-electron chi connectivity index (χ0n) is 14.2. The van der Waals surface area contributed by atoms with E-state index in [1.807, 2.05) is 17.5 Å². The fourth-order valence-electron chi connectivity index (χ4n) is 2.87. The van der Waals surface area contributed by atoms with Crippen molar-refractivity contribution in [2.24, 2.45) is 5.92 Å². The molecule has 0 saturated carbocycles. The Bertz CT molecular complexity index is 714. The minimum Gasteiger partial charge on any atom is -0.337 e. The van der Waals surface area contributed by atoms with Crippen LogP contribution in [0.3, 0.4) is 0 Å². The molecule has 0 bridgehead atoms. The van der Waals surface area contributed by atoms with Crippen LogP contribution in [0.4, 0.5) is 5.13 Å². The van der Waals surface area contributed by atoms with E-state index in [-0.39, 0.29) is 17.7 Å². The van der Waals surface area contributed by atoms with Crippen molar-refractivity contribution in [3.63, 3.8) is 0 Å². The molecule has 0 aliphatic carbocycles. The van der Waals surface area contributed by atoms with Crippen LogP contribution in [0.5, 0.6) is 0 Å². The van der Waals surface area contributed by atoms with Crippen molar-refractivity contribution in [3.8, 4) is 0 Å². The summed E-state index contributed by atoms with van der Waals surface area (Å²) in [5, 5.41) is 14.5. The molecule has 2 aromatic heterocycles. The van der Waals surface area contributed by atoms with E-state index in [4.69, 9.17) is 0 Å². The van der Waals surface area contributed by atoms with Crippen molar-refractivity contribution >= 4 is 39.6 Å². The summed E-state index contributed by atoms with van der Waals surface area (Å²) < 4.78 is 0. The summed E-state index contributed by atoms with van der Waals surface area (Å²) in [7, 11) is 0. The minimum absolute atomic E-state index is 0.0188. The molecule has 0 radical (unpaired) electrons. The third kappa shape index (κ3) is 4.64. The van der Waals surface area contributed by atoms with Gasteiger partial charge in [0.25, 0.3) is 5.91 Å². The summed E-state index contributed by atoms with van der Waals surface area (Å²) >= 11 is 2.87. The van der Waals surface area contributed by atoms with E-state index in [0.717, 1.165) is 42.0 Å². The van der Waals surface area contributed by atoms with Gasteiger partial charge in [0.05, 0.1) is 10.8 Å². The lowest BCUT2D eigenvalue weighted by atomic mass is 9.97. The van der Waals surface area contributed by atoms with Gasteiger partial charge in [-0.1, -0.05) is 30.7 Å². The van der Waals surface area contributed by atoms with Gasteiger partial charge in [-0.3, -0.25) is 9.59 Å². The highest BCUT2D eigenvalue weighted by Crippen LogP contribution is 2.23. The van der Waals surface area contributed by atoms with Crippen LogP contribution < -0.4 is 5.32 Å². The molecule has 2 aromatic rings. The monoisotopic (exact) mass is 378 g/mol. The van der Waals surface area contributed by atoms with Gasteiger partial charge in [-0.25, -0.2) is 0 Å². The predicted molar refractivity (Wildman–Crippen MR) is 100 cm³/mol. The second-order valence-corrected chi connectivity index (χ2v) is 8.17. The topological polar surface area (TPSA) is 75.2 Å². The number of amides is 2. The van der Waals surface area contributed by atoms with Crippen molar-refractivity contribution in [2.75, 3.05) is 18.4 Å². The molecule has 1 aliphatic rings. The maximum Gasteiger partial charge on any atom is 0.263 e. The largest absolute Gasteiger partial charge is 0.337 e. The molecule has 3 rings (SSSR count). The number of carbonyl (C=O) groups excluding carboxylic acids is 2. The quantitative estimate of drug-likeness (QED) is 0.835. The van der Waals surface area contributed by atoms with Crippen molar-refractivity contribution in [1.29, 1.82) is 0 Å². The Balaban J connectivity index is 1.56. The lowest BCUT2D eigenvalue weighted by Crippen LogP contribution is -2.43. The van der Waals surface area contributed by atoms with Gasteiger partial charge in [0.2, 0.25) is 11.0 Å². The van der Waals surface area contributed by atoms with Crippen molar-refractivity contribution in [3.05, 3.63) is 27.4 Å². The SMILES string of the molecule is CCCCc1nnc(NC(=O)C2CCCN(C(=O)c3cccs3)C2)s1. The number of likely N-dealkylation sites (tertiary alicyclic amines) is 1. The zero-order valence-corrected chi connectivity index (χ0v) is 15.9. The molecule has 1 saturated heterocycles. The Morgan fingerprint density at radius 1 is 1.40 bits per heavy atom. The van der Waals surface area contributed by atoms with E-state index in [9.17, 15) is 9.59 Å². The number of aryl methyl sites for hydroxylation is 1. The molecule has 3 heterocycles. The lowest BCUT2D eigenvalue weighted by Gasteiger charge is -2.31. The summed E-state index contributed by atoms with van der Waals surface area (Å²) in [6.45, 7) is 3.31. The van der Waals surface area contributed by atoms with E-state index in [0.29, 0.717) is 18.2 Å². The zero-order chi connectivity index (χ0) is 17.6. The van der Waals surface area contributed by atoms with Crippen LogP contribution in [0.25, 0.3) is 0 Å². The Morgan fingerprint density at radius 2 is 2.28 bits per heavy atom. The summed E-state index contributed by atoms with van der Waals surface area (Å²) in [6, 6.07) is 3.70. The number of piperidine rings is 1. The molecule has 134 valence electrons. The van der Waals surface area contributed by atoms with Crippen LogP contribution in [-0.2, 0) is 11.2 Å². The number of nitrogens with zero attached hydrogens (tertiary/aromatic N) is 3. The maximum absolute atomic E-state index is 12.5. The fourth-order valence-corrected chi connectivity index (χ4v) is 4.35. The molecule has 0 aromatic carbocycles. The van der Waals surface area contributed by atoms with E-state index in [1.54, 1.807) is 4.90 Å².